The van der Waals surface area contributed by atoms with E-state index in [1.165, 1.54) is 0 Å². The van der Waals surface area contributed by atoms with Gasteiger partial charge in [-0.05, 0) is 24.3 Å². The van der Waals surface area contributed by atoms with Crippen LogP contribution in [0.4, 0.5) is 0 Å². The molecule has 0 aliphatic heterocycles. The van der Waals surface area contributed by atoms with Crippen LogP contribution in [0.3, 0.4) is 0 Å². The van der Waals surface area contributed by atoms with Crippen molar-refractivity contribution in [1.29, 1.82) is 0 Å². The number of fused-ring (bicyclic) bond motifs is 5. The highest BCUT2D eigenvalue weighted by Gasteiger charge is 2.22. The molecule has 0 saturated carbocycles. The molecule has 4 rings (SSSR count). The molecule has 0 aliphatic carbocycles. The fourth-order valence-corrected chi connectivity index (χ4v) is 2.72. The summed E-state index contributed by atoms with van der Waals surface area (Å²) in [6.45, 7) is 0. The zero-order chi connectivity index (χ0) is 13.7. The molecule has 0 saturated heterocycles. The number of benzene rings is 2. The molecule has 4 nitrogen and oxygen atoms in total. The third kappa shape index (κ3) is 1.36. The molecule has 0 aliphatic rings. The van der Waals surface area contributed by atoms with Crippen LogP contribution in [-0.2, 0) is 0 Å². The van der Waals surface area contributed by atoms with Crippen molar-refractivity contribution in [2.45, 2.75) is 0 Å². The molecule has 0 bridgehead atoms. The van der Waals surface area contributed by atoms with Crippen molar-refractivity contribution in [2.75, 3.05) is 0 Å². The number of carbonyl (C=O) groups is 1. The molecular formula is C16H11N2O2+. The van der Waals surface area contributed by atoms with E-state index in [1.54, 1.807) is 6.07 Å². The van der Waals surface area contributed by atoms with Crippen LogP contribution in [0.15, 0.2) is 54.6 Å². The summed E-state index contributed by atoms with van der Waals surface area (Å²) >= 11 is 0. The van der Waals surface area contributed by atoms with Gasteiger partial charge in [-0.2, -0.15) is 4.40 Å². The summed E-state index contributed by atoms with van der Waals surface area (Å²) in [6.07, 6.45) is 0. The molecule has 96 valence electrons. The van der Waals surface area contributed by atoms with Crippen LogP contribution in [0.25, 0.3) is 27.6 Å². The van der Waals surface area contributed by atoms with Gasteiger partial charge in [0.15, 0.2) is 11.0 Å². The number of aromatic carboxylic acids is 1. The van der Waals surface area contributed by atoms with Gasteiger partial charge in [0.05, 0.1) is 0 Å². The molecule has 2 N–H and O–H groups in total. The first kappa shape index (κ1) is 11.0. The van der Waals surface area contributed by atoms with Gasteiger partial charge in [0.25, 0.3) is 5.65 Å². The predicted octanol–water partition coefficient (Wildman–Crippen LogP) is 2.76. The highest BCUT2D eigenvalue weighted by molar-refractivity contribution is 5.98. The minimum absolute atomic E-state index is 0.278. The summed E-state index contributed by atoms with van der Waals surface area (Å²) in [4.78, 5) is 14.7. The van der Waals surface area contributed by atoms with Gasteiger partial charge < -0.3 is 5.11 Å². The number of imidazole rings is 1. The first-order valence-electron chi connectivity index (χ1n) is 6.33. The lowest BCUT2D eigenvalue weighted by molar-refractivity contribution is -0.449. The van der Waals surface area contributed by atoms with Crippen LogP contribution in [0.1, 0.15) is 10.4 Å². The Morgan fingerprint density at radius 1 is 1.00 bits per heavy atom. The van der Waals surface area contributed by atoms with Crippen molar-refractivity contribution in [3.8, 4) is 0 Å². The average Bonchev–Trinajstić information content (AvgIpc) is 2.85. The fraction of sp³-hybridized carbons (Fsp3) is 0. The quantitative estimate of drug-likeness (QED) is 0.519. The fourth-order valence-electron chi connectivity index (χ4n) is 2.72. The summed E-state index contributed by atoms with van der Waals surface area (Å²) in [7, 11) is 0. The lowest BCUT2D eigenvalue weighted by atomic mass is 10.1. The van der Waals surface area contributed by atoms with Crippen LogP contribution in [0, 0.1) is 0 Å². The second-order valence-corrected chi connectivity index (χ2v) is 4.75. The molecule has 0 fully saturated rings. The van der Waals surface area contributed by atoms with Crippen molar-refractivity contribution in [2.24, 2.45) is 0 Å². The van der Waals surface area contributed by atoms with E-state index in [4.69, 9.17) is 0 Å². The van der Waals surface area contributed by atoms with Crippen LogP contribution in [0.5, 0.6) is 0 Å². The number of aromatic nitrogens is 2. The molecule has 0 spiro atoms. The van der Waals surface area contributed by atoms with E-state index in [0.717, 1.165) is 21.9 Å². The maximum absolute atomic E-state index is 11.5. The van der Waals surface area contributed by atoms with Gasteiger partial charge in [-0.25, -0.2) is 9.78 Å². The normalized spacial score (nSPS) is 11.4. The molecule has 4 heteroatoms. The van der Waals surface area contributed by atoms with Gasteiger partial charge in [0, 0.05) is 5.39 Å². The SMILES string of the molecule is O=C(O)c1cc2ccccc2[n+]2c1[nH]c1ccccc12. The number of para-hydroxylation sites is 3. The van der Waals surface area contributed by atoms with Crippen LogP contribution >= 0.6 is 0 Å². The van der Waals surface area contributed by atoms with E-state index < -0.39 is 5.97 Å². The second-order valence-electron chi connectivity index (χ2n) is 4.75. The summed E-state index contributed by atoms with van der Waals surface area (Å²) in [5.41, 5.74) is 3.77. The summed E-state index contributed by atoms with van der Waals surface area (Å²) < 4.78 is 1.97. The van der Waals surface area contributed by atoms with Crippen LogP contribution < -0.4 is 4.40 Å². The maximum Gasteiger partial charge on any atom is 0.344 e. The van der Waals surface area contributed by atoms with E-state index in [2.05, 4.69) is 4.98 Å². The highest BCUT2D eigenvalue weighted by Crippen LogP contribution is 2.20. The molecule has 0 radical (unpaired) electrons. The third-order valence-electron chi connectivity index (χ3n) is 3.58. The molecule has 2 aromatic heterocycles. The van der Waals surface area contributed by atoms with E-state index in [9.17, 15) is 9.90 Å². The Kier molecular flexibility index (Phi) is 2.09. The summed E-state index contributed by atoms with van der Waals surface area (Å²) in [5, 5.41) is 10.3. The molecule has 2 heterocycles. The molecule has 0 atom stereocenters. The Balaban J connectivity index is 2.37. The van der Waals surface area contributed by atoms with E-state index in [0.29, 0.717) is 5.65 Å². The van der Waals surface area contributed by atoms with Crippen molar-refractivity contribution >= 4 is 33.6 Å². The lowest BCUT2D eigenvalue weighted by Gasteiger charge is -1.99. The van der Waals surface area contributed by atoms with Gasteiger partial charge in [-0.3, -0.25) is 0 Å². The molecular weight excluding hydrogens is 252 g/mol. The largest absolute Gasteiger partial charge is 0.477 e. The first-order chi connectivity index (χ1) is 9.75. The molecule has 20 heavy (non-hydrogen) atoms. The van der Waals surface area contributed by atoms with Crippen LogP contribution in [-0.4, -0.2) is 16.1 Å². The van der Waals surface area contributed by atoms with Crippen molar-refractivity contribution in [3.63, 3.8) is 0 Å². The number of rotatable bonds is 1. The number of nitrogens with one attached hydrogen (secondary N) is 1. The van der Waals surface area contributed by atoms with E-state index >= 15 is 0 Å². The minimum Gasteiger partial charge on any atom is -0.477 e. The van der Waals surface area contributed by atoms with E-state index in [1.807, 2.05) is 52.9 Å². The lowest BCUT2D eigenvalue weighted by Crippen LogP contribution is -2.23. The number of H-pyrrole nitrogens is 1. The monoisotopic (exact) mass is 263 g/mol. The molecule has 0 amide bonds. The van der Waals surface area contributed by atoms with Gasteiger partial charge in [-0.1, -0.05) is 30.3 Å². The zero-order valence-corrected chi connectivity index (χ0v) is 10.5. The number of nitrogens with zero attached hydrogens (tertiary/aromatic N) is 1. The number of carboxylic acid groups (broad SMARTS) is 1. The van der Waals surface area contributed by atoms with Gasteiger partial charge in [0.2, 0.25) is 0 Å². The Hall–Kier alpha value is -2.88. The van der Waals surface area contributed by atoms with Crippen molar-refractivity contribution in [1.82, 2.24) is 4.98 Å². The molecule has 0 unspecified atom stereocenters. The minimum atomic E-state index is -0.931. The van der Waals surface area contributed by atoms with Gasteiger partial charge in [0.1, 0.15) is 11.1 Å². The smallest absolute Gasteiger partial charge is 0.344 e. The van der Waals surface area contributed by atoms with Crippen molar-refractivity contribution in [3.05, 3.63) is 60.2 Å². The topological polar surface area (TPSA) is 57.2 Å². The molecule has 2 aromatic carbocycles. The number of carboxylic acids is 1. The summed E-state index contributed by atoms with van der Waals surface area (Å²) in [6, 6.07) is 17.3. The number of hydrogen-bond donors (Lipinski definition) is 2. The predicted molar refractivity (Wildman–Crippen MR) is 75.9 cm³/mol. The first-order valence-corrected chi connectivity index (χ1v) is 6.33. The highest BCUT2D eigenvalue weighted by atomic mass is 16.4. The molecule has 4 aromatic rings. The Bertz CT molecular complexity index is 986. The summed E-state index contributed by atoms with van der Waals surface area (Å²) in [5.74, 6) is -0.931. The number of aromatic amines is 1. The van der Waals surface area contributed by atoms with Gasteiger partial charge >= 0.3 is 5.97 Å². The van der Waals surface area contributed by atoms with E-state index in [-0.39, 0.29) is 5.56 Å². The standard InChI is InChI=1S/C16H10N2O2/c19-16(20)11-9-10-5-1-3-7-13(10)18-14-8-4-2-6-12(14)17-15(11)18/h1-9H,(H,19,20)/p+1. The Labute approximate surface area is 113 Å². The maximum atomic E-state index is 11.5. The third-order valence-corrected chi connectivity index (χ3v) is 3.58. The van der Waals surface area contributed by atoms with Crippen LogP contribution in [0.2, 0.25) is 0 Å². The number of hydrogen-bond acceptors (Lipinski definition) is 1. The van der Waals surface area contributed by atoms with Crippen molar-refractivity contribution < 1.29 is 14.3 Å². The second kappa shape index (κ2) is 3.81. The Morgan fingerprint density at radius 3 is 2.50 bits per heavy atom. The Morgan fingerprint density at radius 2 is 1.70 bits per heavy atom. The number of pyridine rings is 1. The van der Waals surface area contributed by atoms with Gasteiger partial charge in [-0.15, -0.1) is 0 Å². The zero-order valence-electron chi connectivity index (χ0n) is 10.5. The average molecular weight is 263 g/mol.